The second kappa shape index (κ2) is 3.56. The van der Waals surface area contributed by atoms with Crippen molar-refractivity contribution in [3.8, 4) is 0 Å². The van der Waals surface area contributed by atoms with E-state index in [0.29, 0.717) is 0 Å². The van der Waals surface area contributed by atoms with E-state index in [1.807, 2.05) is 6.07 Å². The first kappa shape index (κ1) is 8.24. The molecule has 0 bridgehead atoms. The molecule has 1 heterocycles. The Bertz CT molecular complexity index is 347. The van der Waals surface area contributed by atoms with E-state index in [1.165, 1.54) is 16.8 Å². The molecule has 0 aromatic heterocycles. The van der Waals surface area contributed by atoms with Gasteiger partial charge in [0.25, 0.3) is 0 Å². The van der Waals surface area contributed by atoms with Gasteiger partial charge in [-0.15, -0.1) is 0 Å². The van der Waals surface area contributed by atoms with Crippen LogP contribution in [-0.2, 0) is 0 Å². The van der Waals surface area contributed by atoms with E-state index in [2.05, 4.69) is 42.3 Å². The van der Waals surface area contributed by atoms with Gasteiger partial charge in [0.2, 0.25) is 0 Å². The highest BCUT2D eigenvalue weighted by atomic mass is 14.8. The van der Waals surface area contributed by atoms with Crippen LogP contribution in [0.1, 0.15) is 18.9 Å². The smallest absolute Gasteiger partial charge is 0.0433 e. The summed E-state index contributed by atoms with van der Waals surface area (Å²) >= 11 is 0. The van der Waals surface area contributed by atoms with E-state index in [0.717, 1.165) is 13.0 Å². The Labute approximate surface area is 78.8 Å². The normalized spacial score (nSPS) is 19.2. The lowest BCUT2D eigenvalue weighted by Gasteiger charge is -1.97. The van der Waals surface area contributed by atoms with Gasteiger partial charge >= 0.3 is 0 Å². The summed E-state index contributed by atoms with van der Waals surface area (Å²) in [7, 11) is 0. The van der Waals surface area contributed by atoms with Crippen LogP contribution in [-0.4, -0.2) is 12.3 Å². The minimum atomic E-state index is 0.963. The summed E-state index contributed by atoms with van der Waals surface area (Å²) < 4.78 is 0. The van der Waals surface area contributed by atoms with Crippen LogP contribution in [0.3, 0.4) is 0 Å². The van der Waals surface area contributed by atoms with Gasteiger partial charge in [-0.1, -0.05) is 30.3 Å². The fourth-order valence-electron chi connectivity index (χ4n) is 1.55. The molecule has 66 valence electrons. The molecule has 0 radical (unpaired) electrons. The number of rotatable bonds is 1. The first-order valence-corrected chi connectivity index (χ1v) is 4.63. The van der Waals surface area contributed by atoms with Gasteiger partial charge in [0, 0.05) is 12.3 Å². The zero-order valence-electron chi connectivity index (χ0n) is 7.83. The lowest BCUT2D eigenvalue weighted by atomic mass is 10.1. The molecule has 0 amide bonds. The Morgan fingerprint density at radius 3 is 2.62 bits per heavy atom. The average Bonchev–Trinajstić information content (AvgIpc) is 2.54. The molecule has 0 spiro atoms. The van der Waals surface area contributed by atoms with Crippen LogP contribution in [0.5, 0.6) is 0 Å². The monoisotopic (exact) mass is 171 g/mol. The van der Waals surface area contributed by atoms with E-state index in [1.54, 1.807) is 0 Å². The predicted octanol–water partition coefficient (Wildman–Crippen LogP) is 2.93. The Balaban J connectivity index is 2.26. The SMILES string of the molecule is CC1=NCC/C1=C\c1ccccc1. The zero-order valence-corrected chi connectivity index (χ0v) is 7.83. The molecular weight excluding hydrogens is 158 g/mol. The van der Waals surface area contributed by atoms with E-state index in [9.17, 15) is 0 Å². The summed E-state index contributed by atoms with van der Waals surface area (Å²) in [5, 5.41) is 0. The molecule has 1 aliphatic heterocycles. The molecule has 0 saturated heterocycles. The fraction of sp³-hybridized carbons (Fsp3) is 0.250. The van der Waals surface area contributed by atoms with Crippen LogP contribution >= 0.6 is 0 Å². The predicted molar refractivity (Wildman–Crippen MR) is 57.0 cm³/mol. The van der Waals surface area contributed by atoms with Gasteiger partial charge in [-0.05, 0) is 30.6 Å². The fourth-order valence-corrected chi connectivity index (χ4v) is 1.55. The number of hydrogen-bond acceptors (Lipinski definition) is 1. The third-order valence-corrected chi connectivity index (χ3v) is 2.34. The third-order valence-electron chi connectivity index (χ3n) is 2.34. The van der Waals surface area contributed by atoms with Crippen molar-refractivity contribution in [1.29, 1.82) is 0 Å². The van der Waals surface area contributed by atoms with Crippen molar-refractivity contribution < 1.29 is 0 Å². The third kappa shape index (κ3) is 1.86. The van der Waals surface area contributed by atoms with E-state index in [4.69, 9.17) is 0 Å². The molecular formula is C12H13N. The number of nitrogens with zero attached hydrogens (tertiary/aromatic N) is 1. The molecule has 2 rings (SSSR count). The van der Waals surface area contributed by atoms with Gasteiger partial charge in [0.1, 0.15) is 0 Å². The Hall–Kier alpha value is -1.37. The minimum Gasteiger partial charge on any atom is -0.289 e. The molecule has 0 saturated carbocycles. The molecule has 0 atom stereocenters. The molecule has 1 aliphatic rings. The quantitative estimate of drug-likeness (QED) is 0.616. The van der Waals surface area contributed by atoms with Gasteiger partial charge in [-0.3, -0.25) is 4.99 Å². The average molecular weight is 171 g/mol. The lowest BCUT2D eigenvalue weighted by Crippen LogP contribution is -1.88. The van der Waals surface area contributed by atoms with Crippen molar-refractivity contribution in [2.45, 2.75) is 13.3 Å². The first-order valence-electron chi connectivity index (χ1n) is 4.63. The van der Waals surface area contributed by atoms with Gasteiger partial charge < -0.3 is 0 Å². The lowest BCUT2D eigenvalue weighted by molar-refractivity contribution is 1.05. The van der Waals surface area contributed by atoms with Crippen LogP contribution in [0.15, 0.2) is 40.9 Å². The number of hydrogen-bond donors (Lipinski definition) is 0. The summed E-state index contributed by atoms with van der Waals surface area (Å²) in [6.45, 7) is 3.05. The van der Waals surface area contributed by atoms with Crippen molar-refractivity contribution in [1.82, 2.24) is 0 Å². The molecule has 1 nitrogen and oxygen atoms in total. The van der Waals surface area contributed by atoms with Crippen LogP contribution in [0.4, 0.5) is 0 Å². The minimum absolute atomic E-state index is 0.963. The van der Waals surface area contributed by atoms with E-state index in [-0.39, 0.29) is 0 Å². The van der Waals surface area contributed by atoms with Crippen LogP contribution in [0, 0.1) is 0 Å². The van der Waals surface area contributed by atoms with Crippen molar-refractivity contribution in [3.63, 3.8) is 0 Å². The molecule has 0 aliphatic carbocycles. The van der Waals surface area contributed by atoms with Crippen molar-refractivity contribution >= 4 is 11.8 Å². The van der Waals surface area contributed by atoms with Crippen molar-refractivity contribution in [2.75, 3.05) is 6.54 Å². The molecule has 0 unspecified atom stereocenters. The van der Waals surface area contributed by atoms with Gasteiger partial charge in [-0.25, -0.2) is 0 Å². The summed E-state index contributed by atoms with van der Waals surface area (Å²) in [6, 6.07) is 10.4. The van der Waals surface area contributed by atoms with E-state index < -0.39 is 0 Å². The van der Waals surface area contributed by atoms with E-state index >= 15 is 0 Å². The standard InChI is InChI=1S/C12H13N/c1-10-12(7-8-13-10)9-11-5-3-2-4-6-11/h2-6,9H,7-8H2,1H3/b12-9+. The summed E-state index contributed by atoms with van der Waals surface area (Å²) in [6.07, 6.45) is 3.33. The Kier molecular flexibility index (Phi) is 2.26. The Morgan fingerprint density at radius 1 is 1.23 bits per heavy atom. The second-order valence-electron chi connectivity index (χ2n) is 3.30. The highest BCUT2D eigenvalue weighted by Gasteiger charge is 2.07. The molecule has 0 fully saturated rings. The topological polar surface area (TPSA) is 12.4 Å². The number of aliphatic imine (C=N–C) groups is 1. The zero-order chi connectivity index (χ0) is 9.10. The molecule has 1 aromatic rings. The first-order chi connectivity index (χ1) is 6.36. The summed E-state index contributed by atoms with van der Waals surface area (Å²) in [5.41, 5.74) is 3.85. The van der Waals surface area contributed by atoms with Crippen LogP contribution < -0.4 is 0 Å². The highest BCUT2D eigenvalue weighted by Crippen LogP contribution is 2.16. The molecule has 13 heavy (non-hydrogen) atoms. The van der Waals surface area contributed by atoms with Gasteiger partial charge in [0.15, 0.2) is 0 Å². The second-order valence-corrected chi connectivity index (χ2v) is 3.30. The number of benzene rings is 1. The highest BCUT2D eigenvalue weighted by molar-refractivity contribution is 6.03. The molecule has 1 aromatic carbocycles. The maximum atomic E-state index is 4.36. The van der Waals surface area contributed by atoms with Crippen LogP contribution in [0.2, 0.25) is 0 Å². The summed E-state index contributed by atoms with van der Waals surface area (Å²) in [5.74, 6) is 0. The molecule has 0 N–H and O–H groups in total. The van der Waals surface area contributed by atoms with Crippen molar-refractivity contribution in [2.24, 2.45) is 4.99 Å². The largest absolute Gasteiger partial charge is 0.289 e. The molecule has 1 heteroatoms. The maximum Gasteiger partial charge on any atom is 0.0433 e. The van der Waals surface area contributed by atoms with Crippen LogP contribution in [0.25, 0.3) is 6.08 Å². The maximum absolute atomic E-state index is 4.36. The Morgan fingerprint density at radius 2 is 2.00 bits per heavy atom. The van der Waals surface area contributed by atoms with Gasteiger partial charge in [-0.2, -0.15) is 0 Å². The summed E-state index contributed by atoms with van der Waals surface area (Å²) in [4.78, 5) is 4.36. The van der Waals surface area contributed by atoms with Crippen molar-refractivity contribution in [3.05, 3.63) is 41.5 Å². The van der Waals surface area contributed by atoms with Gasteiger partial charge in [0.05, 0.1) is 0 Å².